The van der Waals surface area contributed by atoms with Crippen LogP contribution in [0.5, 0.6) is 0 Å². The third-order valence-electron chi connectivity index (χ3n) is 2.41. The van der Waals surface area contributed by atoms with Gasteiger partial charge in [0.25, 0.3) is 0 Å². The average Bonchev–Trinajstić information content (AvgIpc) is 2.26. The molecule has 0 spiro atoms. The van der Waals surface area contributed by atoms with E-state index in [0.717, 1.165) is 17.2 Å². The van der Waals surface area contributed by atoms with Crippen LogP contribution >= 0.6 is 15.9 Å². The lowest BCUT2D eigenvalue weighted by Gasteiger charge is -2.09. The van der Waals surface area contributed by atoms with E-state index in [4.69, 9.17) is 5.11 Å². The summed E-state index contributed by atoms with van der Waals surface area (Å²) in [4.78, 5) is 22.1. The standard InChI is InChI=1S/C13H13BrO3/c1-8-10(6-7-12(15)16)4-3-5-11(8)13(17)9(2)14/h3-7,9H,1-2H3,(H,15,16)/b7-6+. The molecular weight excluding hydrogens is 284 g/mol. The van der Waals surface area contributed by atoms with Crippen molar-refractivity contribution in [2.75, 3.05) is 0 Å². The number of alkyl halides is 1. The number of carboxylic acids is 1. The zero-order chi connectivity index (χ0) is 13.0. The molecule has 4 heteroatoms. The van der Waals surface area contributed by atoms with Gasteiger partial charge in [-0.2, -0.15) is 0 Å². The Bertz CT molecular complexity index is 476. The third-order valence-corrected chi connectivity index (χ3v) is 2.82. The molecule has 0 amide bonds. The second-order valence-electron chi connectivity index (χ2n) is 3.67. The van der Waals surface area contributed by atoms with E-state index in [1.165, 1.54) is 6.08 Å². The average molecular weight is 297 g/mol. The summed E-state index contributed by atoms with van der Waals surface area (Å²) in [5, 5.41) is 8.57. The molecule has 0 aliphatic carbocycles. The highest BCUT2D eigenvalue weighted by Gasteiger charge is 2.15. The Morgan fingerprint density at radius 1 is 1.41 bits per heavy atom. The first-order valence-electron chi connectivity index (χ1n) is 5.12. The van der Waals surface area contributed by atoms with E-state index in [2.05, 4.69) is 15.9 Å². The first kappa shape index (κ1) is 13.6. The van der Waals surface area contributed by atoms with Crippen molar-refractivity contribution in [3.05, 3.63) is 41.0 Å². The molecule has 1 atom stereocenters. The van der Waals surface area contributed by atoms with Gasteiger partial charge in [0, 0.05) is 11.6 Å². The Balaban J connectivity index is 3.16. The summed E-state index contributed by atoms with van der Waals surface area (Å²) in [6, 6.07) is 5.27. The number of aliphatic carboxylic acids is 1. The van der Waals surface area contributed by atoms with Crippen molar-refractivity contribution < 1.29 is 14.7 Å². The van der Waals surface area contributed by atoms with Crippen LogP contribution in [0.25, 0.3) is 6.08 Å². The first-order valence-corrected chi connectivity index (χ1v) is 6.04. The topological polar surface area (TPSA) is 54.4 Å². The number of rotatable bonds is 4. The van der Waals surface area contributed by atoms with Crippen LogP contribution in [0.2, 0.25) is 0 Å². The van der Waals surface area contributed by atoms with Gasteiger partial charge in [0.05, 0.1) is 4.83 Å². The Kier molecular flexibility index (Phi) is 4.63. The molecule has 0 aliphatic heterocycles. The summed E-state index contributed by atoms with van der Waals surface area (Å²) in [5.74, 6) is -1.01. The summed E-state index contributed by atoms with van der Waals surface area (Å²) in [6.07, 6.45) is 2.56. The summed E-state index contributed by atoms with van der Waals surface area (Å²) in [5.41, 5.74) is 2.15. The van der Waals surface area contributed by atoms with E-state index in [-0.39, 0.29) is 10.6 Å². The van der Waals surface area contributed by atoms with Crippen LogP contribution in [-0.2, 0) is 4.79 Å². The minimum absolute atomic E-state index is 0.00641. The van der Waals surface area contributed by atoms with Gasteiger partial charge in [-0.25, -0.2) is 4.79 Å². The summed E-state index contributed by atoms with van der Waals surface area (Å²) in [7, 11) is 0. The van der Waals surface area contributed by atoms with Crippen molar-refractivity contribution in [1.29, 1.82) is 0 Å². The molecule has 3 nitrogen and oxygen atoms in total. The molecule has 1 N–H and O–H groups in total. The second-order valence-corrected chi connectivity index (χ2v) is 5.05. The summed E-state index contributed by atoms with van der Waals surface area (Å²) in [6.45, 7) is 3.58. The van der Waals surface area contributed by atoms with Gasteiger partial charge in [0.2, 0.25) is 0 Å². The third kappa shape index (κ3) is 3.53. The van der Waals surface area contributed by atoms with Crippen molar-refractivity contribution in [1.82, 2.24) is 0 Å². The maximum Gasteiger partial charge on any atom is 0.328 e. The second kappa shape index (κ2) is 5.77. The highest BCUT2D eigenvalue weighted by atomic mass is 79.9. The molecular formula is C13H13BrO3. The predicted octanol–water partition coefficient (Wildman–Crippen LogP) is 3.06. The normalized spacial score (nSPS) is 12.6. The molecule has 90 valence electrons. The number of Topliss-reactive ketones (excluding diaryl/α,β-unsaturated/α-hetero) is 1. The highest BCUT2D eigenvalue weighted by molar-refractivity contribution is 9.10. The van der Waals surface area contributed by atoms with Crippen LogP contribution in [0.15, 0.2) is 24.3 Å². The van der Waals surface area contributed by atoms with Gasteiger partial charge in [-0.3, -0.25) is 4.79 Å². The van der Waals surface area contributed by atoms with Crippen molar-refractivity contribution in [2.24, 2.45) is 0 Å². The predicted molar refractivity (Wildman–Crippen MR) is 70.6 cm³/mol. The van der Waals surface area contributed by atoms with Crippen LogP contribution in [0, 0.1) is 6.92 Å². The fourth-order valence-electron chi connectivity index (χ4n) is 1.48. The maximum atomic E-state index is 11.9. The Morgan fingerprint density at radius 3 is 2.59 bits per heavy atom. The van der Waals surface area contributed by atoms with Crippen molar-refractivity contribution >= 4 is 33.8 Å². The van der Waals surface area contributed by atoms with Gasteiger partial charge in [-0.15, -0.1) is 0 Å². The van der Waals surface area contributed by atoms with Gasteiger partial charge in [-0.1, -0.05) is 34.1 Å². The number of carbonyl (C=O) groups excluding carboxylic acids is 1. The zero-order valence-electron chi connectivity index (χ0n) is 9.61. The van der Waals surface area contributed by atoms with Crippen LogP contribution < -0.4 is 0 Å². The molecule has 0 saturated carbocycles. The van der Waals surface area contributed by atoms with Gasteiger partial charge in [-0.05, 0) is 31.1 Å². The number of benzene rings is 1. The number of carboxylic acid groups (broad SMARTS) is 1. The molecule has 0 radical (unpaired) electrons. The van der Waals surface area contributed by atoms with Crippen molar-refractivity contribution in [2.45, 2.75) is 18.7 Å². The van der Waals surface area contributed by atoms with E-state index in [9.17, 15) is 9.59 Å². The van der Waals surface area contributed by atoms with Crippen molar-refractivity contribution in [3.8, 4) is 0 Å². The van der Waals surface area contributed by atoms with Crippen molar-refractivity contribution in [3.63, 3.8) is 0 Å². The van der Waals surface area contributed by atoms with E-state index in [1.54, 1.807) is 25.1 Å². The molecule has 0 aromatic heterocycles. The Hall–Kier alpha value is -1.42. The molecule has 1 unspecified atom stereocenters. The lowest BCUT2D eigenvalue weighted by molar-refractivity contribution is -0.131. The first-order chi connectivity index (χ1) is 7.93. The SMILES string of the molecule is Cc1c(/C=C/C(=O)O)cccc1C(=O)C(C)Br. The van der Waals surface area contributed by atoms with Gasteiger partial charge in [0.15, 0.2) is 5.78 Å². The minimum atomic E-state index is -1.00. The zero-order valence-corrected chi connectivity index (χ0v) is 11.2. The molecule has 17 heavy (non-hydrogen) atoms. The lowest BCUT2D eigenvalue weighted by atomic mass is 9.98. The Morgan fingerprint density at radius 2 is 2.06 bits per heavy atom. The quantitative estimate of drug-likeness (QED) is 0.528. The molecule has 0 aliphatic rings. The maximum absolute atomic E-state index is 11.9. The molecule has 0 saturated heterocycles. The smallest absolute Gasteiger partial charge is 0.328 e. The van der Waals surface area contributed by atoms with Crippen LogP contribution in [0.4, 0.5) is 0 Å². The number of carbonyl (C=O) groups is 2. The van der Waals surface area contributed by atoms with Crippen LogP contribution in [-0.4, -0.2) is 21.7 Å². The van der Waals surface area contributed by atoms with E-state index < -0.39 is 5.97 Å². The fraction of sp³-hybridized carbons (Fsp3) is 0.231. The fourth-order valence-corrected chi connectivity index (χ4v) is 1.72. The van der Waals surface area contributed by atoms with Gasteiger partial charge < -0.3 is 5.11 Å². The molecule has 0 bridgehead atoms. The monoisotopic (exact) mass is 296 g/mol. The van der Waals surface area contributed by atoms with Crippen LogP contribution in [0.1, 0.15) is 28.4 Å². The summed E-state index contributed by atoms with van der Waals surface area (Å²) >= 11 is 3.24. The van der Waals surface area contributed by atoms with E-state index >= 15 is 0 Å². The molecule has 1 aromatic rings. The number of hydrogen-bond donors (Lipinski definition) is 1. The van der Waals surface area contributed by atoms with Gasteiger partial charge in [0.1, 0.15) is 0 Å². The number of hydrogen-bond acceptors (Lipinski definition) is 2. The highest BCUT2D eigenvalue weighted by Crippen LogP contribution is 2.19. The van der Waals surface area contributed by atoms with Gasteiger partial charge >= 0.3 is 5.97 Å². The molecule has 0 heterocycles. The largest absolute Gasteiger partial charge is 0.478 e. The molecule has 1 aromatic carbocycles. The lowest BCUT2D eigenvalue weighted by Crippen LogP contribution is -2.12. The number of ketones is 1. The van der Waals surface area contributed by atoms with Crippen LogP contribution in [0.3, 0.4) is 0 Å². The minimum Gasteiger partial charge on any atom is -0.478 e. The summed E-state index contributed by atoms with van der Waals surface area (Å²) < 4.78 is 0. The molecule has 1 rings (SSSR count). The molecule has 0 fully saturated rings. The van der Waals surface area contributed by atoms with E-state index in [0.29, 0.717) is 5.56 Å². The van der Waals surface area contributed by atoms with E-state index in [1.807, 2.05) is 6.92 Å². The Labute approximate surface area is 108 Å². The number of halogens is 1.